The van der Waals surface area contributed by atoms with Gasteiger partial charge in [0, 0.05) is 30.0 Å². The molecule has 0 atom stereocenters. The van der Waals surface area contributed by atoms with E-state index in [1.807, 2.05) is 0 Å². The Morgan fingerprint density at radius 2 is 1.82 bits per heavy atom. The van der Waals surface area contributed by atoms with E-state index in [0.717, 1.165) is 11.0 Å². The Kier molecular flexibility index (Phi) is 4.74. The fraction of sp³-hybridized carbons (Fsp3) is 0.250. The van der Waals surface area contributed by atoms with Crippen molar-refractivity contribution in [1.82, 2.24) is 4.90 Å². The van der Waals surface area contributed by atoms with Crippen molar-refractivity contribution in [3.63, 3.8) is 0 Å². The molecule has 0 radical (unpaired) electrons. The van der Waals surface area contributed by atoms with E-state index in [-0.39, 0.29) is 24.2 Å². The molecule has 144 valence electrons. The zero-order valence-electron chi connectivity index (χ0n) is 14.7. The fourth-order valence-corrected chi connectivity index (χ4v) is 4.07. The van der Waals surface area contributed by atoms with Crippen molar-refractivity contribution in [2.75, 3.05) is 18.0 Å². The van der Waals surface area contributed by atoms with Gasteiger partial charge in [-0.15, -0.1) is 0 Å². The monoisotopic (exact) mass is 448 g/mol. The number of benzene rings is 2. The van der Waals surface area contributed by atoms with Crippen LogP contribution in [-0.4, -0.2) is 35.7 Å². The summed E-state index contributed by atoms with van der Waals surface area (Å²) >= 11 is 3.27. The fourth-order valence-electron chi connectivity index (χ4n) is 3.71. The molecule has 0 saturated heterocycles. The van der Waals surface area contributed by atoms with Crippen LogP contribution in [0.4, 0.5) is 14.5 Å². The minimum absolute atomic E-state index is 0.0870. The van der Waals surface area contributed by atoms with Gasteiger partial charge < -0.3 is 4.90 Å². The first-order valence-corrected chi connectivity index (χ1v) is 9.60. The molecular formula is C20H15BrF2N2O3. The van der Waals surface area contributed by atoms with Crippen molar-refractivity contribution < 1.29 is 23.2 Å². The maximum atomic E-state index is 14.3. The standard InChI is InChI=1S/C20H15BrF2N2O3/c21-12-3-4-14-15(9-12)20(28)25(19(14)27)7-5-17(26)24-6-1-2-11-8-13(22)10-16(23)18(11)24/h3-4,8-10H,1-2,5-7H2. The summed E-state index contributed by atoms with van der Waals surface area (Å²) in [5.74, 6) is -2.78. The van der Waals surface area contributed by atoms with Gasteiger partial charge in [0.15, 0.2) is 0 Å². The molecule has 0 saturated carbocycles. The van der Waals surface area contributed by atoms with Crippen LogP contribution in [0, 0.1) is 11.6 Å². The Labute approximate surface area is 168 Å². The maximum Gasteiger partial charge on any atom is 0.261 e. The first-order valence-electron chi connectivity index (χ1n) is 8.81. The van der Waals surface area contributed by atoms with Crippen LogP contribution in [0.15, 0.2) is 34.8 Å². The summed E-state index contributed by atoms with van der Waals surface area (Å²) in [5, 5.41) is 0. The summed E-state index contributed by atoms with van der Waals surface area (Å²) in [6, 6.07) is 6.80. The SMILES string of the molecule is O=C1c2ccc(Br)cc2C(=O)N1CCC(=O)N1CCCc2cc(F)cc(F)c21. The van der Waals surface area contributed by atoms with Crippen LogP contribution in [0.25, 0.3) is 0 Å². The van der Waals surface area contributed by atoms with Crippen molar-refractivity contribution in [2.24, 2.45) is 0 Å². The first-order chi connectivity index (χ1) is 13.4. The Morgan fingerprint density at radius 1 is 1.07 bits per heavy atom. The lowest BCUT2D eigenvalue weighted by Crippen LogP contribution is -2.39. The minimum Gasteiger partial charge on any atom is -0.309 e. The van der Waals surface area contributed by atoms with Gasteiger partial charge in [-0.05, 0) is 42.7 Å². The summed E-state index contributed by atoms with van der Waals surface area (Å²) in [4.78, 5) is 40.0. The number of hydrogen-bond acceptors (Lipinski definition) is 3. The van der Waals surface area contributed by atoms with Gasteiger partial charge in [0.2, 0.25) is 5.91 Å². The molecule has 2 heterocycles. The van der Waals surface area contributed by atoms with Gasteiger partial charge in [-0.1, -0.05) is 15.9 Å². The molecule has 0 aromatic heterocycles. The van der Waals surface area contributed by atoms with E-state index in [0.29, 0.717) is 35.0 Å². The zero-order chi connectivity index (χ0) is 20.0. The van der Waals surface area contributed by atoms with Gasteiger partial charge in [-0.2, -0.15) is 0 Å². The quantitative estimate of drug-likeness (QED) is 0.672. The van der Waals surface area contributed by atoms with Gasteiger partial charge in [0.1, 0.15) is 11.6 Å². The minimum atomic E-state index is -0.784. The third kappa shape index (κ3) is 3.11. The van der Waals surface area contributed by atoms with Crippen LogP contribution >= 0.6 is 15.9 Å². The number of hydrogen-bond donors (Lipinski definition) is 0. The van der Waals surface area contributed by atoms with E-state index < -0.39 is 29.4 Å². The number of carbonyl (C=O) groups is 3. The highest BCUT2D eigenvalue weighted by Gasteiger charge is 2.36. The number of aryl methyl sites for hydroxylation is 1. The lowest BCUT2D eigenvalue weighted by Gasteiger charge is -2.30. The van der Waals surface area contributed by atoms with E-state index in [4.69, 9.17) is 0 Å². The van der Waals surface area contributed by atoms with Crippen molar-refractivity contribution in [1.29, 1.82) is 0 Å². The predicted molar refractivity (Wildman–Crippen MR) is 101 cm³/mol. The molecule has 2 aliphatic rings. The number of nitrogens with zero attached hydrogens (tertiary/aromatic N) is 2. The van der Waals surface area contributed by atoms with Crippen LogP contribution in [0.3, 0.4) is 0 Å². The lowest BCUT2D eigenvalue weighted by molar-refractivity contribution is -0.118. The van der Waals surface area contributed by atoms with Gasteiger partial charge in [0.05, 0.1) is 16.8 Å². The molecule has 28 heavy (non-hydrogen) atoms. The van der Waals surface area contributed by atoms with Crippen molar-refractivity contribution in [3.05, 3.63) is 63.1 Å². The molecule has 0 fully saturated rings. The summed E-state index contributed by atoms with van der Waals surface area (Å²) in [6.07, 6.45) is 0.937. The highest BCUT2D eigenvalue weighted by Crippen LogP contribution is 2.32. The number of amides is 3. The van der Waals surface area contributed by atoms with E-state index in [1.54, 1.807) is 18.2 Å². The van der Waals surface area contributed by atoms with Crippen LogP contribution in [0.5, 0.6) is 0 Å². The summed E-state index contributed by atoms with van der Waals surface area (Å²) in [5.41, 5.74) is 1.12. The molecule has 8 heteroatoms. The summed E-state index contributed by atoms with van der Waals surface area (Å²) < 4.78 is 28.4. The van der Waals surface area contributed by atoms with E-state index in [9.17, 15) is 23.2 Å². The van der Waals surface area contributed by atoms with Crippen LogP contribution in [-0.2, 0) is 11.2 Å². The Hall–Kier alpha value is -2.61. The molecule has 0 unspecified atom stereocenters. The van der Waals surface area contributed by atoms with E-state index in [1.165, 1.54) is 11.0 Å². The average Bonchev–Trinajstić information content (AvgIpc) is 2.89. The Morgan fingerprint density at radius 3 is 2.61 bits per heavy atom. The number of imide groups is 1. The summed E-state index contributed by atoms with van der Waals surface area (Å²) in [7, 11) is 0. The van der Waals surface area contributed by atoms with Crippen molar-refractivity contribution >= 4 is 39.3 Å². The van der Waals surface area contributed by atoms with Gasteiger partial charge in [-0.25, -0.2) is 8.78 Å². The smallest absolute Gasteiger partial charge is 0.261 e. The number of carbonyl (C=O) groups excluding carboxylic acids is 3. The molecule has 4 rings (SSSR count). The first kappa shape index (κ1) is 18.7. The third-order valence-corrected chi connectivity index (χ3v) is 5.48. The number of anilines is 1. The molecule has 2 aliphatic heterocycles. The third-order valence-electron chi connectivity index (χ3n) is 4.99. The van der Waals surface area contributed by atoms with Gasteiger partial charge in [0.25, 0.3) is 11.8 Å². The second kappa shape index (κ2) is 7.09. The second-order valence-electron chi connectivity index (χ2n) is 6.75. The molecule has 0 bridgehead atoms. The van der Waals surface area contributed by atoms with E-state index >= 15 is 0 Å². The molecule has 0 spiro atoms. The number of halogens is 3. The lowest BCUT2D eigenvalue weighted by atomic mass is 10.0. The molecular weight excluding hydrogens is 434 g/mol. The molecule has 5 nitrogen and oxygen atoms in total. The van der Waals surface area contributed by atoms with Crippen LogP contribution in [0.2, 0.25) is 0 Å². The predicted octanol–water partition coefficient (Wildman–Crippen LogP) is 3.69. The Bertz CT molecular complexity index is 1020. The molecule has 0 N–H and O–H groups in total. The normalized spacial score (nSPS) is 15.7. The zero-order valence-corrected chi connectivity index (χ0v) is 16.3. The molecule has 2 aromatic rings. The van der Waals surface area contributed by atoms with Gasteiger partial charge >= 0.3 is 0 Å². The van der Waals surface area contributed by atoms with Crippen molar-refractivity contribution in [3.8, 4) is 0 Å². The summed E-state index contributed by atoms with van der Waals surface area (Å²) in [6.45, 7) is 0.209. The highest BCUT2D eigenvalue weighted by atomic mass is 79.9. The largest absolute Gasteiger partial charge is 0.309 e. The molecule has 0 aliphatic carbocycles. The van der Waals surface area contributed by atoms with E-state index in [2.05, 4.69) is 15.9 Å². The number of rotatable bonds is 3. The number of fused-ring (bicyclic) bond motifs is 2. The Balaban J connectivity index is 1.51. The maximum absolute atomic E-state index is 14.3. The molecule has 3 amide bonds. The van der Waals surface area contributed by atoms with Crippen molar-refractivity contribution in [2.45, 2.75) is 19.3 Å². The van der Waals surface area contributed by atoms with Gasteiger partial charge in [-0.3, -0.25) is 19.3 Å². The average molecular weight is 449 g/mol. The topological polar surface area (TPSA) is 57.7 Å². The van der Waals surface area contributed by atoms with Crippen LogP contribution in [0.1, 0.15) is 39.1 Å². The van der Waals surface area contributed by atoms with Crippen LogP contribution < -0.4 is 4.90 Å². The second-order valence-corrected chi connectivity index (χ2v) is 7.66. The molecule has 2 aromatic carbocycles. The highest BCUT2D eigenvalue weighted by molar-refractivity contribution is 9.10.